The van der Waals surface area contributed by atoms with Gasteiger partial charge in [0, 0.05) is 11.3 Å². The lowest BCUT2D eigenvalue weighted by Gasteiger charge is -2.03. The molecule has 0 fully saturated rings. The van der Waals surface area contributed by atoms with Gasteiger partial charge in [0.25, 0.3) is 0 Å². The van der Waals surface area contributed by atoms with Gasteiger partial charge in [-0.15, -0.1) is 11.8 Å². The highest BCUT2D eigenvalue weighted by Crippen LogP contribution is 2.22. The molecule has 21 heavy (non-hydrogen) atoms. The molecule has 0 saturated carbocycles. The standard InChI is InChI=1S/C18H28O2S/c1-2-16(19)10-8-6-4-3-5-7-9-15-21-18-13-11-17(20)12-14-18/h2,11-14,19-20H,3-10,15H2,1H3. The van der Waals surface area contributed by atoms with Crippen molar-refractivity contribution in [2.45, 2.75) is 63.2 Å². The number of benzene rings is 1. The van der Waals surface area contributed by atoms with Gasteiger partial charge in [0.2, 0.25) is 0 Å². The summed E-state index contributed by atoms with van der Waals surface area (Å²) in [7, 11) is 0. The van der Waals surface area contributed by atoms with Crippen LogP contribution < -0.4 is 0 Å². The van der Waals surface area contributed by atoms with Gasteiger partial charge in [0.15, 0.2) is 0 Å². The molecule has 1 aromatic rings. The predicted molar refractivity (Wildman–Crippen MR) is 92.2 cm³/mol. The number of aliphatic hydroxyl groups is 1. The SMILES string of the molecule is CC=C(O)CCCCCCCCCSc1ccc(O)cc1. The molecule has 0 aliphatic heterocycles. The summed E-state index contributed by atoms with van der Waals surface area (Å²) in [5.74, 6) is 2.02. The molecule has 0 atom stereocenters. The summed E-state index contributed by atoms with van der Waals surface area (Å²) in [5.41, 5.74) is 0. The molecule has 0 bridgehead atoms. The zero-order valence-corrected chi connectivity index (χ0v) is 13.9. The number of thioether (sulfide) groups is 1. The van der Waals surface area contributed by atoms with Crippen LogP contribution in [0.4, 0.5) is 0 Å². The fraction of sp³-hybridized carbons (Fsp3) is 0.556. The van der Waals surface area contributed by atoms with Crippen LogP contribution in [0.5, 0.6) is 5.75 Å². The lowest BCUT2D eigenvalue weighted by molar-refractivity contribution is 0.379. The van der Waals surface area contributed by atoms with Crippen LogP contribution in [0.3, 0.4) is 0 Å². The minimum atomic E-state index is 0.335. The number of hydrogen-bond acceptors (Lipinski definition) is 3. The number of allylic oxidation sites excluding steroid dienone is 2. The van der Waals surface area contributed by atoms with Crippen molar-refractivity contribution in [2.24, 2.45) is 0 Å². The molecule has 1 aromatic carbocycles. The number of rotatable bonds is 11. The Bertz CT molecular complexity index is 398. The zero-order valence-electron chi connectivity index (χ0n) is 13.1. The van der Waals surface area contributed by atoms with E-state index in [1.54, 1.807) is 18.2 Å². The lowest BCUT2D eigenvalue weighted by atomic mass is 10.1. The summed E-state index contributed by atoms with van der Waals surface area (Å²) in [4.78, 5) is 1.23. The molecule has 0 saturated heterocycles. The Balaban J connectivity index is 1.88. The van der Waals surface area contributed by atoms with Crippen LogP contribution in [-0.2, 0) is 0 Å². The van der Waals surface area contributed by atoms with Gasteiger partial charge in [-0.2, -0.15) is 0 Å². The van der Waals surface area contributed by atoms with Gasteiger partial charge in [-0.1, -0.05) is 32.1 Å². The number of aromatic hydroxyl groups is 1. The molecular formula is C18H28O2S. The van der Waals surface area contributed by atoms with Crippen LogP contribution in [0.25, 0.3) is 0 Å². The largest absolute Gasteiger partial charge is 0.513 e. The van der Waals surface area contributed by atoms with E-state index in [0.717, 1.165) is 18.6 Å². The van der Waals surface area contributed by atoms with Gasteiger partial charge in [0.05, 0.1) is 5.76 Å². The average molecular weight is 308 g/mol. The Kier molecular flexibility index (Phi) is 9.88. The maximum Gasteiger partial charge on any atom is 0.115 e. The van der Waals surface area contributed by atoms with E-state index in [0.29, 0.717) is 11.5 Å². The molecule has 3 heteroatoms. The Morgan fingerprint density at radius 2 is 1.52 bits per heavy atom. The highest BCUT2D eigenvalue weighted by molar-refractivity contribution is 7.99. The molecule has 0 spiro atoms. The molecule has 0 unspecified atom stereocenters. The van der Waals surface area contributed by atoms with Crippen LogP contribution in [0, 0.1) is 0 Å². The van der Waals surface area contributed by atoms with E-state index in [1.165, 1.54) is 43.4 Å². The molecule has 2 N–H and O–H groups in total. The summed E-state index contributed by atoms with van der Waals surface area (Å²) < 4.78 is 0. The monoisotopic (exact) mass is 308 g/mol. The summed E-state index contributed by atoms with van der Waals surface area (Å²) in [5, 5.41) is 18.5. The third-order valence-corrected chi connectivity index (χ3v) is 4.61. The molecule has 1 rings (SSSR count). The van der Waals surface area contributed by atoms with E-state index in [-0.39, 0.29) is 0 Å². The number of unbranched alkanes of at least 4 members (excludes halogenated alkanes) is 6. The van der Waals surface area contributed by atoms with E-state index in [2.05, 4.69) is 0 Å². The number of hydrogen-bond donors (Lipinski definition) is 2. The van der Waals surface area contributed by atoms with Crippen molar-refractivity contribution in [3.8, 4) is 5.75 Å². The van der Waals surface area contributed by atoms with Crippen molar-refractivity contribution in [3.05, 3.63) is 36.1 Å². The first-order valence-corrected chi connectivity index (χ1v) is 8.97. The Labute approximate surface area is 133 Å². The first kappa shape index (κ1) is 18.0. The van der Waals surface area contributed by atoms with E-state index >= 15 is 0 Å². The van der Waals surface area contributed by atoms with Gasteiger partial charge in [-0.25, -0.2) is 0 Å². The number of phenols is 1. The quantitative estimate of drug-likeness (QED) is 0.296. The molecule has 0 radical (unpaired) electrons. The predicted octanol–water partition coefficient (Wildman–Crippen LogP) is 6.07. The van der Waals surface area contributed by atoms with Crippen molar-refractivity contribution in [3.63, 3.8) is 0 Å². The molecular weight excluding hydrogens is 280 g/mol. The minimum Gasteiger partial charge on any atom is -0.513 e. The molecule has 2 nitrogen and oxygen atoms in total. The van der Waals surface area contributed by atoms with Crippen molar-refractivity contribution in [1.29, 1.82) is 0 Å². The normalized spacial score (nSPS) is 11.8. The molecule has 118 valence electrons. The Hall–Kier alpha value is -1.09. The molecule has 0 amide bonds. The molecule has 0 aliphatic rings. The van der Waals surface area contributed by atoms with Crippen molar-refractivity contribution >= 4 is 11.8 Å². The Morgan fingerprint density at radius 1 is 0.952 bits per heavy atom. The van der Waals surface area contributed by atoms with Crippen LogP contribution in [0.2, 0.25) is 0 Å². The summed E-state index contributed by atoms with van der Waals surface area (Å²) in [6.07, 6.45) is 11.4. The van der Waals surface area contributed by atoms with E-state index in [9.17, 15) is 10.2 Å². The van der Waals surface area contributed by atoms with Gasteiger partial charge >= 0.3 is 0 Å². The summed E-state index contributed by atoms with van der Waals surface area (Å²) >= 11 is 1.86. The first-order chi connectivity index (χ1) is 10.2. The van der Waals surface area contributed by atoms with Crippen LogP contribution >= 0.6 is 11.8 Å². The maximum absolute atomic E-state index is 9.31. The van der Waals surface area contributed by atoms with E-state index < -0.39 is 0 Å². The smallest absolute Gasteiger partial charge is 0.115 e. The van der Waals surface area contributed by atoms with E-state index in [4.69, 9.17) is 0 Å². The van der Waals surface area contributed by atoms with Gasteiger partial charge < -0.3 is 10.2 Å². The second kappa shape index (κ2) is 11.6. The van der Waals surface area contributed by atoms with Crippen molar-refractivity contribution < 1.29 is 10.2 Å². The topological polar surface area (TPSA) is 40.5 Å². The van der Waals surface area contributed by atoms with Crippen molar-refractivity contribution in [1.82, 2.24) is 0 Å². The van der Waals surface area contributed by atoms with Crippen LogP contribution in [-0.4, -0.2) is 16.0 Å². The fourth-order valence-corrected chi connectivity index (χ4v) is 3.08. The first-order valence-electron chi connectivity index (χ1n) is 7.98. The second-order valence-electron chi connectivity index (χ2n) is 5.35. The summed E-state index contributed by atoms with van der Waals surface area (Å²) in [6, 6.07) is 7.43. The fourth-order valence-electron chi connectivity index (χ4n) is 2.17. The van der Waals surface area contributed by atoms with Gasteiger partial charge in [-0.05, 0) is 55.9 Å². The van der Waals surface area contributed by atoms with Crippen molar-refractivity contribution in [2.75, 3.05) is 5.75 Å². The van der Waals surface area contributed by atoms with Gasteiger partial charge in [0.1, 0.15) is 5.75 Å². The molecule has 0 heterocycles. The third kappa shape index (κ3) is 9.46. The average Bonchev–Trinajstić information content (AvgIpc) is 2.50. The maximum atomic E-state index is 9.31. The number of phenolic OH excluding ortho intramolecular Hbond substituents is 1. The molecule has 0 aromatic heterocycles. The van der Waals surface area contributed by atoms with E-state index in [1.807, 2.05) is 30.8 Å². The lowest BCUT2D eigenvalue weighted by Crippen LogP contribution is -1.85. The minimum absolute atomic E-state index is 0.335. The molecule has 0 aliphatic carbocycles. The highest BCUT2D eigenvalue weighted by Gasteiger charge is 1.96. The Morgan fingerprint density at radius 3 is 2.14 bits per heavy atom. The third-order valence-electron chi connectivity index (χ3n) is 3.52. The summed E-state index contributed by atoms with van der Waals surface area (Å²) in [6.45, 7) is 1.88. The van der Waals surface area contributed by atoms with Crippen LogP contribution in [0.15, 0.2) is 41.0 Å². The zero-order chi connectivity index (χ0) is 15.3. The number of aliphatic hydroxyl groups excluding tert-OH is 1. The van der Waals surface area contributed by atoms with Crippen LogP contribution in [0.1, 0.15) is 58.3 Å². The van der Waals surface area contributed by atoms with Gasteiger partial charge in [-0.3, -0.25) is 0 Å². The highest BCUT2D eigenvalue weighted by atomic mass is 32.2. The second-order valence-corrected chi connectivity index (χ2v) is 6.52.